The van der Waals surface area contributed by atoms with Crippen molar-refractivity contribution in [2.75, 3.05) is 7.11 Å². The molecule has 4 heteroatoms. The van der Waals surface area contributed by atoms with Crippen molar-refractivity contribution in [1.82, 2.24) is 5.32 Å². The summed E-state index contributed by atoms with van der Waals surface area (Å²) in [7, 11) is 1.61. The van der Waals surface area contributed by atoms with Crippen molar-refractivity contribution in [1.29, 1.82) is 0 Å². The summed E-state index contributed by atoms with van der Waals surface area (Å²) in [6.45, 7) is 1.42. The molecule has 22 heavy (non-hydrogen) atoms. The van der Waals surface area contributed by atoms with Crippen molar-refractivity contribution in [3.8, 4) is 5.75 Å². The third kappa shape index (κ3) is 4.19. The molecule has 1 N–H and O–H groups in total. The van der Waals surface area contributed by atoms with E-state index in [1.165, 1.54) is 6.92 Å². The van der Waals surface area contributed by atoms with Crippen LogP contribution in [0, 0.1) is 0 Å². The smallest absolute Gasteiger partial charge is 0.217 e. The molecule has 0 heterocycles. The van der Waals surface area contributed by atoms with Gasteiger partial charge in [0, 0.05) is 18.9 Å². The van der Waals surface area contributed by atoms with Gasteiger partial charge in [-0.3, -0.25) is 9.59 Å². The number of nitrogens with one attached hydrogen (secondary N) is 1. The first-order valence-corrected chi connectivity index (χ1v) is 7.09. The minimum absolute atomic E-state index is 0.0911. The number of amides is 1. The van der Waals surface area contributed by atoms with E-state index >= 15 is 0 Å². The van der Waals surface area contributed by atoms with E-state index in [4.69, 9.17) is 4.74 Å². The zero-order valence-electron chi connectivity index (χ0n) is 12.7. The summed E-state index contributed by atoms with van der Waals surface area (Å²) >= 11 is 0. The number of hydrogen-bond donors (Lipinski definition) is 1. The van der Waals surface area contributed by atoms with Crippen LogP contribution in [0.5, 0.6) is 5.75 Å². The van der Waals surface area contributed by atoms with Gasteiger partial charge in [0.05, 0.1) is 13.2 Å². The molecule has 0 aliphatic rings. The topological polar surface area (TPSA) is 55.4 Å². The van der Waals surface area contributed by atoms with Crippen molar-refractivity contribution in [2.24, 2.45) is 0 Å². The number of benzene rings is 2. The molecule has 0 fully saturated rings. The van der Waals surface area contributed by atoms with Crippen LogP contribution in [0.3, 0.4) is 0 Å². The Bertz CT molecular complexity index is 635. The minimum atomic E-state index is -0.576. The lowest BCUT2D eigenvalue weighted by Crippen LogP contribution is -2.41. The molecular formula is C18H19NO3. The number of rotatable bonds is 6. The Labute approximate surface area is 130 Å². The second kappa shape index (κ2) is 7.41. The van der Waals surface area contributed by atoms with Gasteiger partial charge in [-0.25, -0.2) is 0 Å². The molecule has 1 atom stereocenters. The van der Waals surface area contributed by atoms with Gasteiger partial charge in [-0.1, -0.05) is 42.5 Å². The summed E-state index contributed by atoms with van der Waals surface area (Å²) in [6, 6.07) is 15.9. The lowest BCUT2D eigenvalue weighted by molar-refractivity contribution is -0.119. The molecule has 0 aromatic heterocycles. The molecule has 0 radical (unpaired) electrons. The maximum atomic E-state index is 12.6. The fourth-order valence-electron chi connectivity index (χ4n) is 2.26. The average Bonchev–Trinajstić information content (AvgIpc) is 2.54. The molecular weight excluding hydrogens is 278 g/mol. The Morgan fingerprint density at radius 3 is 2.23 bits per heavy atom. The molecule has 2 rings (SSSR count). The normalized spacial score (nSPS) is 11.5. The highest BCUT2D eigenvalue weighted by atomic mass is 16.5. The summed E-state index contributed by atoms with van der Waals surface area (Å²) in [5, 5.41) is 2.74. The van der Waals surface area contributed by atoms with Gasteiger partial charge >= 0.3 is 0 Å². The second-order valence-electron chi connectivity index (χ2n) is 5.04. The molecule has 2 aromatic carbocycles. The summed E-state index contributed by atoms with van der Waals surface area (Å²) in [5.41, 5.74) is 1.55. The Kier molecular flexibility index (Phi) is 5.31. The summed E-state index contributed by atoms with van der Waals surface area (Å²) in [6.07, 6.45) is 0.442. The highest BCUT2D eigenvalue weighted by molar-refractivity contribution is 6.01. The number of Topliss-reactive ketones (excluding diaryl/α,β-unsaturated/α-hetero) is 1. The first-order valence-electron chi connectivity index (χ1n) is 7.09. The Hall–Kier alpha value is -2.62. The van der Waals surface area contributed by atoms with Crippen molar-refractivity contribution in [3.63, 3.8) is 0 Å². The van der Waals surface area contributed by atoms with Crippen LogP contribution in [0.2, 0.25) is 0 Å². The van der Waals surface area contributed by atoms with Crippen molar-refractivity contribution < 1.29 is 14.3 Å². The van der Waals surface area contributed by atoms with E-state index in [-0.39, 0.29) is 11.7 Å². The summed E-state index contributed by atoms with van der Waals surface area (Å²) in [5.74, 6) is 0.448. The molecule has 0 bridgehead atoms. The fraction of sp³-hybridized carbons (Fsp3) is 0.222. The largest absolute Gasteiger partial charge is 0.497 e. The first-order chi connectivity index (χ1) is 10.6. The molecule has 4 nitrogen and oxygen atoms in total. The molecule has 0 spiro atoms. The highest BCUT2D eigenvalue weighted by Gasteiger charge is 2.21. The SMILES string of the molecule is COc1ccc(CC(NC(C)=O)C(=O)c2ccccc2)cc1. The van der Waals surface area contributed by atoms with Crippen LogP contribution in [-0.2, 0) is 11.2 Å². The maximum Gasteiger partial charge on any atom is 0.217 e. The van der Waals surface area contributed by atoms with Crippen molar-refractivity contribution in [3.05, 3.63) is 65.7 Å². The minimum Gasteiger partial charge on any atom is -0.497 e. The Morgan fingerprint density at radius 2 is 1.68 bits per heavy atom. The summed E-state index contributed by atoms with van der Waals surface area (Å²) in [4.78, 5) is 24.0. The van der Waals surface area contributed by atoms with Gasteiger partial charge in [0.15, 0.2) is 5.78 Å². The van der Waals surface area contributed by atoms with E-state index in [0.29, 0.717) is 12.0 Å². The molecule has 114 valence electrons. The quantitative estimate of drug-likeness (QED) is 0.834. The zero-order valence-corrected chi connectivity index (χ0v) is 12.7. The predicted octanol–water partition coefficient (Wildman–Crippen LogP) is 2.63. The second-order valence-corrected chi connectivity index (χ2v) is 5.04. The molecule has 0 saturated carbocycles. The van der Waals surface area contributed by atoms with E-state index in [1.807, 2.05) is 42.5 Å². The third-order valence-corrected chi connectivity index (χ3v) is 3.35. The molecule has 0 saturated heterocycles. The van der Waals surface area contributed by atoms with Crippen LogP contribution in [0.25, 0.3) is 0 Å². The molecule has 2 aromatic rings. The van der Waals surface area contributed by atoms with Crippen LogP contribution in [-0.4, -0.2) is 24.8 Å². The number of ether oxygens (including phenoxy) is 1. The van der Waals surface area contributed by atoms with Gasteiger partial charge in [-0.05, 0) is 17.7 Å². The van der Waals surface area contributed by atoms with Crippen LogP contribution in [0.4, 0.5) is 0 Å². The molecule has 1 unspecified atom stereocenters. The predicted molar refractivity (Wildman–Crippen MR) is 85.1 cm³/mol. The lowest BCUT2D eigenvalue weighted by Gasteiger charge is -2.17. The average molecular weight is 297 g/mol. The number of ketones is 1. The van der Waals surface area contributed by atoms with Gasteiger partial charge in [0.2, 0.25) is 5.91 Å². The monoisotopic (exact) mass is 297 g/mol. The number of carbonyl (C=O) groups excluding carboxylic acids is 2. The standard InChI is InChI=1S/C18H19NO3/c1-13(20)19-17(18(21)15-6-4-3-5-7-15)12-14-8-10-16(22-2)11-9-14/h3-11,17H,12H2,1-2H3,(H,19,20). The number of methoxy groups -OCH3 is 1. The van der Waals surface area contributed by atoms with Crippen LogP contribution < -0.4 is 10.1 Å². The highest BCUT2D eigenvalue weighted by Crippen LogP contribution is 2.14. The van der Waals surface area contributed by atoms with Gasteiger partial charge in [-0.2, -0.15) is 0 Å². The first kappa shape index (κ1) is 15.8. The number of hydrogen-bond acceptors (Lipinski definition) is 3. The Morgan fingerprint density at radius 1 is 1.05 bits per heavy atom. The number of carbonyl (C=O) groups is 2. The summed E-state index contributed by atoms with van der Waals surface area (Å²) < 4.78 is 5.12. The van der Waals surface area contributed by atoms with E-state index in [1.54, 1.807) is 19.2 Å². The third-order valence-electron chi connectivity index (χ3n) is 3.35. The molecule has 1 amide bonds. The van der Waals surface area contributed by atoms with E-state index in [0.717, 1.165) is 11.3 Å². The van der Waals surface area contributed by atoms with Gasteiger partial charge in [-0.15, -0.1) is 0 Å². The molecule has 0 aliphatic heterocycles. The van der Waals surface area contributed by atoms with E-state index in [9.17, 15) is 9.59 Å². The maximum absolute atomic E-state index is 12.6. The molecule has 0 aliphatic carbocycles. The fourth-order valence-corrected chi connectivity index (χ4v) is 2.26. The van der Waals surface area contributed by atoms with Gasteiger partial charge in [0.25, 0.3) is 0 Å². The van der Waals surface area contributed by atoms with Crippen LogP contribution in [0.15, 0.2) is 54.6 Å². The lowest BCUT2D eigenvalue weighted by atomic mass is 9.97. The van der Waals surface area contributed by atoms with E-state index in [2.05, 4.69) is 5.32 Å². The van der Waals surface area contributed by atoms with Gasteiger partial charge in [0.1, 0.15) is 5.75 Å². The van der Waals surface area contributed by atoms with Crippen LogP contribution >= 0.6 is 0 Å². The Balaban J connectivity index is 2.18. The van der Waals surface area contributed by atoms with Gasteiger partial charge < -0.3 is 10.1 Å². The van der Waals surface area contributed by atoms with Crippen molar-refractivity contribution >= 4 is 11.7 Å². The van der Waals surface area contributed by atoms with Crippen molar-refractivity contribution in [2.45, 2.75) is 19.4 Å². The zero-order chi connectivity index (χ0) is 15.9. The van der Waals surface area contributed by atoms with Crippen LogP contribution in [0.1, 0.15) is 22.8 Å². The van der Waals surface area contributed by atoms with E-state index < -0.39 is 6.04 Å².